The van der Waals surface area contributed by atoms with Gasteiger partial charge in [0.25, 0.3) is 0 Å². The first-order chi connectivity index (χ1) is 6.93. The van der Waals surface area contributed by atoms with Crippen LogP contribution in [-0.2, 0) is 14.4 Å². The third-order valence-electron chi connectivity index (χ3n) is 2.62. The summed E-state index contributed by atoms with van der Waals surface area (Å²) >= 11 is 0. The lowest BCUT2D eigenvalue weighted by molar-refractivity contribution is -0.156. The second-order valence-corrected chi connectivity index (χ2v) is 3.64. The molecule has 1 aliphatic heterocycles. The zero-order valence-electron chi connectivity index (χ0n) is 8.34. The van der Waals surface area contributed by atoms with E-state index in [1.54, 1.807) is 0 Å². The fraction of sp³-hybridized carbons (Fsp3) is 0.667. The van der Waals surface area contributed by atoms with E-state index >= 15 is 0 Å². The molecule has 2 atom stereocenters. The van der Waals surface area contributed by atoms with Gasteiger partial charge in [0.2, 0.25) is 5.91 Å². The summed E-state index contributed by atoms with van der Waals surface area (Å²) in [4.78, 5) is 33.8. The maximum Gasteiger partial charge on any atom is 0.326 e. The molecule has 1 aliphatic rings. The van der Waals surface area contributed by atoms with Gasteiger partial charge in [-0.25, -0.2) is 4.79 Å². The van der Waals surface area contributed by atoms with E-state index in [1.165, 1.54) is 6.92 Å². The first-order valence-corrected chi connectivity index (χ1v) is 4.66. The quantitative estimate of drug-likeness (QED) is 0.664. The highest BCUT2D eigenvalue weighted by Gasteiger charge is 2.36. The van der Waals surface area contributed by atoms with E-state index in [4.69, 9.17) is 10.2 Å². The number of likely N-dealkylation sites (tertiary alicyclic amines) is 1. The standard InChI is InChI=1S/C9H13NO5/c1-5(11)10-4-6(8(12)13)2-3-7(10)9(14)15/h6-7H,2-4H2,1H3,(H,12,13)(H,14,15)/t6-,7-/m0/s1. The topological polar surface area (TPSA) is 94.9 Å². The summed E-state index contributed by atoms with van der Waals surface area (Å²) in [6.45, 7) is 1.24. The van der Waals surface area contributed by atoms with Gasteiger partial charge in [0.15, 0.2) is 0 Å². The largest absolute Gasteiger partial charge is 0.481 e. The second kappa shape index (κ2) is 4.29. The summed E-state index contributed by atoms with van der Waals surface area (Å²) in [6, 6.07) is -0.877. The molecule has 2 N–H and O–H groups in total. The van der Waals surface area contributed by atoms with E-state index in [2.05, 4.69) is 0 Å². The number of piperidine rings is 1. The molecule has 0 bridgehead atoms. The molecule has 1 fully saturated rings. The molecular formula is C9H13NO5. The highest BCUT2D eigenvalue weighted by Crippen LogP contribution is 2.22. The van der Waals surface area contributed by atoms with Gasteiger partial charge in [-0.05, 0) is 12.8 Å². The smallest absolute Gasteiger partial charge is 0.326 e. The molecule has 0 aromatic heterocycles. The number of hydrogen-bond acceptors (Lipinski definition) is 3. The molecular weight excluding hydrogens is 202 g/mol. The van der Waals surface area contributed by atoms with Gasteiger partial charge < -0.3 is 15.1 Å². The molecule has 0 radical (unpaired) electrons. The number of rotatable bonds is 2. The van der Waals surface area contributed by atoms with Gasteiger partial charge in [-0.1, -0.05) is 0 Å². The van der Waals surface area contributed by atoms with Crippen LogP contribution in [0.2, 0.25) is 0 Å². The number of aliphatic carboxylic acids is 2. The van der Waals surface area contributed by atoms with Gasteiger partial charge in [0.1, 0.15) is 6.04 Å². The van der Waals surface area contributed by atoms with E-state index in [0.29, 0.717) is 6.42 Å². The van der Waals surface area contributed by atoms with Crippen molar-refractivity contribution in [2.24, 2.45) is 5.92 Å². The van der Waals surface area contributed by atoms with Crippen LogP contribution in [-0.4, -0.2) is 45.5 Å². The molecule has 6 nitrogen and oxygen atoms in total. The molecule has 1 rings (SSSR count). The van der Waals surface area contributed by atoms with Gasteiger partial charge in [-0.15, -0.1) is 0 Å². The Bertz CT molecular complexity index is 301. The summed E-state index contributed by atoms with van der Waals surface area (Å²) in [6.07, 6.45) is 0.502. The zero-order chi connectivity index (χ0) is 11.6. The van der Waals surface area contributed by atoms with Gasteiger partial charge in [0.05, 0.1) is 5.92 Å². The van der Waals surface area contributed by atoms with Crippen LogP contribution in [0, 0.1) is 5.92 Å². The highest BCUT2D eigenvalue weighted by molar-refractivity contribution is 5.83. The molecule has 0 aliphatic carbocycles. The lowest BCUT2D eigenvalue weighted by Gasteiger charge is -2.35. The van der Waals surface area contributed by atoms with E-state index < -0.39 is 29.8 Å². The van der Waals surface area contributed by atoms with Crippen molar-refractivity contribution in [1.82, 2.24) is 4.90 Å². The van der Waals surface area contributed by atoms with Gasteiger partial charge in [-0.2, -0.15) is 0 Å². The molecule has 0 spiro atoms. The summed E-state index contributed by atoms with van der Waals surface area (Å²) in [5.41, 5.74) is 0. The molecule has 0 saturated carbocycles. The first kappa shape index (κ1) is 11.5. The van der Waals surface area contributed by atoms with Gasteiger partial charge >= 0.3 is 11.9 Å². The van der Waals surface area contributed by atoms with Crippen LogP contribution >= 0.6 is 0 Å². The van der Waals surface area contributed by atoms with Gasteiger partial charge in [-0.3, -0.25) is 9.59 Å². The minimum absolute atomic E-state index is 0.0123. The molecule has 1 saturated heterocycles. The number of carboxylic acids is 2. The van der Waals surface area contributed by atoms with Crippen molar-refractivity contribution in [2.45, 2.75) is 25.8 Å². The Morgan fingerprint density at radius 1 is 1.13 bits per heavy atom. The normalized spacial score (nSPS) is 26.1. The van der Waals surface area contributed by atoms with Crippen molar-refractivity contribution in [3.8, 4) is 0 Å². The number of carbonyl (C=O) groups is 3. The Balaban J connectivity index is 2.78. The number of nitrogens with zero attached hydrogens (tertiary/aromatic N) is 1. The molecule has 0 aromatic carbocycles. The molecule has 6 heteroatoms. The Kier molecular flexibility index (Phi) is 3.28. The second-order valence-electron chi connectivity index (χ2n) is 3.64. The van der Waals surface area contributed by atoms with Crippen molar-refractivity contribution in [2.75, 3.05) is 6.54 Å². The van der Waals surface area contributed by atoms with Crippen molar-refractivity contribution in [3.05, 3.63) is 0 Å². The third kappa shape index (κ3) is 2.45. The fourth-order valence-electron chi connectivity index (χ4n) is 1.78. The summed E-state index contributed by atoms with van der Waals surface area (Å²) in [5.74, 6) is -3.10. The van der Waals surface area contributed by atoms with Crippen LogP contribution in [0.3, 0.4) is 0 Å². The van der Waals surface area contributed by atoms with Crippen molar-refractivity contribution >= 4 is 17.8 Å². The Hall–Kier alpha value is -1.59. The van der Waals surface area contributed by atoms with E-state index in [1.807, 2.05) is 0 Å². The molecule has 1 heterocycles. The Labute approximate surface area is 86.5 Å². The Morgan fingerprint density at radius 3 is 2.13 bits per heavy atom. The lowest BCUT2D eigenvalue weighted by Crippen LogP contribution is -2.51. The number of carboxylic acid groups (broad SMARTS) is 2. The number of hydrogen-bond donors (Lipinski definition) is 2. The van der Waals surface area contributed by atoms with Crippen LogP contribution in [0.5, 0.6) is 0 Å². The molecule has 15 heavy (non-hydrogen) atoms. The van der Waals surface area contributed by atoms with Crippen molar-refractivity contribution < 1.29 is 24.6 Å². The van der Waals surface area contributed by atoms with Crippen molar-refractivity contribution in [1.29, 1.82) is 0 Å². The van der Waals surface area contributed by atoms with Crippen LogP contribution < -0.4 is 0 Å². The van der Waals surface area contributed by atoms with Gasteiger partial charge in [0, 0.05) is 13.5 Å². The average molecular weight is 215 g/mol. The maximum absolute atomic E-state index is 11.2. The monoisotopic (exact) mass is 215 g/mol. The molecule has 0 aromatic rings. The minimum Gasteiger partial charge on any atom is -0.481 e. The maximum atomic E-state index is 11.2. The zero-order valence-corrected chi connectivity index (χ0v) is 8.34. The summed E-state index contributed by atoms with van der Waals surface area (Å²) < 4.78 is 0. The summed E-state index contributed by atoms with van der Waals surface area (Å²) in [7, 11) is 0. The predicted molar refractivity (Wildman–Crippen MR) is 49.2 cm³/mol. The average Bonchev–Trinajstić information content (AvgIpc) is 2.16. The summed E-state index contributed by atoms with van der Waals surface area (Å²) in [5, 5.41) is 17.6. The van der Waals surface area contributed by atoms with E-state index in [0.717, 1.165) is 4.90 Å². The first-order valence-electron chi connectivity index (χ1n) is 4.66. The van der Waals surface area contributed by atoms with Crippen molar-refractivity contribution in [3.63, 3.8) is 0 Å². The van der Waals surface area contributed by atoms with Crippen LogP contribution in [0.25, 0.3) is 0 Å². The fourth-order valence-corrected chi connectivity index (χ4v) is 1.78. The van der Waals surface area contributed by atoms with E-state index in [-0.39, 0.29) is 13.0 Å². The van der Waals surface area contributed by atoms with E-state index in [9.17, 15) is 14.4 Å². The SMILES string of the molecule is CC(=O)N1C[C@@H](C(=O)O)CC[C@H]1C(=O)O. The molecule has 0 unspecified atom stereocenters. The predicted octanol–water partition coefficient (Wildman–Crippen LogP) is -0.217. The molecule has 1 amide bonds. The number of carbonyl (C=O) groups excluding carboxylic acids is 1. The van der Waals surface area contributed by atoms with Crippen LogP contribution in [0.15, 0.2) is 0 Å². The van der Waals surface area contributed by atoms with Crippen LogP contribution in [0.1, 0.15) is 19.8 Å². The third-order valence-corrected chi connectivity index (χ3v) is 2.62. The molecule has 84 valence electrons. The van der Waals surface area contributed by atoms with Crippen LogP contribution in [0.4, 0.5) is 0 Å². The lowest BCUT2D eigenvalue weighted by atomic mass is 9.93. The number of amides is 1. The minimum atomic E-state index is -1.07. The Morgan fingerprint density at radius 2 is 1.73 bits per heavy atom. The highest BCUT2D eigenvalue weighted by atomic mass is 16.4.